The minimum Gasteiger partial charge on any atom is -0.490 e. The minimum atomic E-state index is 0.324. The number of rotatable bonds is 6. The van der Waals surface area contributed by atoms with Crippen LogP contribution < -0.4 is 0 Å². The van der Waals surface area contributed by atoms with Gasteiger partial charge in [0.05, 0.1) is 6.26 Å². The van der Waals surface area contributed by atoms with Crippen molar-refractivity contribution in [3.63, 3.8) is 0 Å². The smallest absolute Gasteiger partial charge is 0.157 e. The van der Waals surface area contributed by atoms with Gasteiger partial charge in [-0.2, -0.15) is 0 Å². The molecule has 1 N–H and O–H groups in total. The SMILES string of the molecule is OCCCCCCC1=C[CH]OC=C1. The summed E-state index contributed by atoms with van der Waals surface area (Å²) in [5, 5.41) is 8.57. The molecule has 1 aliphatic rings. The standard InChI is InChI=1S/C11H17O2/c12-8-4-2-1-3-5-11-6-9-13-10-7-11/h6-7,9-10,12H,1-5,8H2. The van der Waals surface area contributed by atoms with Crippen LogP contribution in [0.4, 0.5) is 0 Å². The molecular weight excluding hydrogens is 164 g/mol. The molecule has 0 bridgehead atoms. The molecule has 0 aliphatic carbocycles. The molecule has 0 saturated heterocycles. The average Bonchev–Trinajstić information content (AvgIpc) is 2.19. The monoisotopic (exact) mass is 181 g/mol. The molecular formula is C11H17O2. The zero-order valence-corrected chi connectivity index (χ0v) is 7.91. The fourth-order valence-corrected chi connectivity index (χ4v) is 1.32. The van der Waals surface area contributed by atoms with E-state index < -0.39 is 0 Å². The van der Waals surface area contributed by atoms with Crippen molar-refractivity contribution < 1.29 is 9.84 Å². The summed E-state index contributed by atoms with van der Waals surface area (Å²) in [6.07, 6.45) is 11.3. The molecule has 0 aromatic carbocycles. The summed E-state index contributed by atoms with van der Waals surface area (Å²) in [6, 6.07) is 0. The quantitative estimate of drug-likeness (QED) is 0.638. The second-order valence-corrected chi connectivity index (χ2v) is 3.20. The molecule has 1 radical (unpaired) electrons. The Morgan fingerprint density at radius 2 is 2.00 bits per heavy atom. The lowest BCUT2D eigenvalue weighted by molar-refractivity contribution is 0.282. The summed E-state index contributed by atoms with van der Waals surface area (Å²) in [6.45, 7) is 2.03. The number of ether oxygens (including phenoxy) is 1. The second kappa shape index (κ2) is 6.72. The average molecular weight is 181 g/mol. The van der Waals surface area contributed by atoms with Gasteiger partial charge in [0.2, 0.25) is 0 Å². The van der Waals surface area contributed by atoms with Gasteiger partial charge in [0.25, 0.3) is 0 Å². The Balaban J connectivity index is 1.99. The van der Waals surface area contributed by atoms with Crippen LogP contribution in [0.25, 0.3) is 0 Å². The highest BCUT2D eigenvalue weighted by molar-refractivity contribution is 5.22. The lowest BCUT2D eigenvalue weighted by Crippen LogP contribution is -1.89. The summed E-state index contributed by atoms with van der Waals surface area (Å²) in [5.74, 6) is 0. The molecule has 0 aromatic heterocycles. The number of hydrogen-bond acceptors (Lipinski definition) is 2. The summed E-state index contributed by atoms with van der Waals surface area (Å²) in [4.78, 5) is 0. The first kappa shape index (κ1) is 10.3. The Bertz CT molecular complexity index is 183. The zero-order valence-electron chi connectivity index (χ0n) is 7.91. The van der Waals surface area contributed by atoms with E-state index in [-0.39, 0.29) is 0 Å². The van der Waals surface area contributed by atoms with E-state index in [2.05, 4.69) is 0 Å². The van der Waals surface area contributed by atoms with Crippen molar-refractivity contribution in [1.29, 1.82) is 0 Å². The third-order valence-corrected chi connectivity index (χ3v) is 2.09. The lowest BCUT2D eigenvalue weighted by atomic mass is 10.1. The normalized spacial score (nSPS) is 15.3. The fraction of sp³-hybridized carbons (Fsp3) is 0.545. The third kappa shape index (κ3) is 4.73. The maximum atomic E-state index is 8.57. The van der Waals surface area contributed by atoms with Crippen LogP contribution in [0.5, 0.6) is 0 Å². The van der Waals surface area contributed by atoms with Crippen LogP contribution in [0.15, 0.2) is 24.0 Å². The van der Waals surface area contributed by atoms with E-state index in [0.717, 1.165) is 19.3 Å². The zero-order chi connectivity index (χ0) is 9.36. The van der Waals surface area contributed by atoms with E-state index in [1.54, 1.807) is 12.9 Å². The van der Waals surface area contributed by atoms with E-state index in [9.17, 15) is 0 Å². The van der Waals surface area contributed by atoms with Gasteiger partial charge < -0.3 is 9.84 Å². The second-order valence-electron chi connectivity index (χ2n) is 3.20. The molecule has 1 aliphatic heterocycles. The molecule has 0 saturated carbocycles. The highest BCUT2D eigenvalue weighted by Crippen LogP contribution is 2.14. The van der Waals surface area contributed by atoms with Gasteiger partial charge in [0.1, 0.15) is 0 Å². The van der Waals surface area contributed by atoms with Gasteiger partial charge in [-0.1, -0.05) is 12.8 Å². The summed E-state index contributed by atoms with van der Waals surface area (Å²) >= 11 is 0. The van der Waals surface area contributed by atoms with Crippen molar-refractivity contribution in [3.8, 4) is 0 Å². The molecule has 0 fully saturated rings. The molecule has 0 amide bonds. The van der Waals surface area contributed by atoms with Crippen molar-refractivity contribution >= 4 is 0 Å². The Morgan fingerprint density at radius 1 is 1.15 bits per heavy atom. The van der Waals surface area contributed by atoms with E-state index >= 15 is 0 Å². The van der Waals surface area contributed by atoms with Crippen molar-refractivity contribution in [1.82, 2.24) is 0 Å². The number of aliphatic hydroxyl groups excluding tert-OH is 1. The molecule has 13 heavy (non-hydrogen) atoms. The van der Waals surface area contributed by atoms with E-state index in [0.29, 0.717) is 6.61 Å². The first-order valence-electron chi connectivity index (χ1n) is 4.89. The predicted octanol–water partition coefficient (Wildman–Crippen LogP) is 2.56. The minimum absolute atomic E-state index is 0.324. The maximum Gasteiger partial charge on any atom is 0.157 e. The molecule has 1 heterocycles. The van der Waals surface area contributed by atoms with Gasteiger partial charge in [0.15, 0.2) is 6.61 Å². The molecule has 1 rings (SSSR count). The maximum absolute atomic E-state index is 8.57. The van der Waals surface area contributed by atoms with Gasteiger partial charge >= 0.3 is 0 Å². The van der Waals surface area contributed by atoms with Gasteiger partial charge in [-0.05, 0) is 37.0 Å². The van der Waals surface area contributed by atoms with Crippen LogP contribution in [0.3, 0.4) is 0 Å². The molecule has 0 spiro atoms. The Labute approximate surface area is 79.9 Å². The summed E-state index contributed by atoms with van der Waals surface area (Å²) in [5.41, 5.74) is 1.33. The predicted molar refractivity (Wildman–Crippen MR) is 52.8 cm³/mol. The van der Waals surface area contributed by atoms with Crippen LogP contribution in [0, 0.1) is 6.61 Å². The molecule has 2 nitrogen and oxygen atoms in total. The topological polar surface area (TPSA) is 29.5 Å². The van der Waals surface area contributed by atoms with Crippen molar-refractivity contribution in [2.24, 2.45) is 0 Å². The highest BCUT2D eigenvalue weighted by Gasteiger charge is 1.97. The van der Waals surface area contributed by atoms with E-state index in [4.69, 9.17) is 9.84 Å². The highest BCUT2D eigenvalue weighted by atomic mass is 16.5. The number of unbranched alkanes of at least 4 members (excludes halogenated alkanes) is 3. The van der Waals surface area contributed by atoms with E-state index in [1.807, 2.05) is 12.2 Å². The molecule has 0 aromatic rings. The number of aliphatic hydroxyl groups is 1. The van der Waals surface area contributed by atoms with Gasteiger partial charge in [0, 0.05) is 6.61 Å². The van der Waals surface area contributed by atoms with Crippen molar-refractivity contribution in [2.45, 2.75) is 32.1 Å². The van der Waals surface area contributed by atoms with Crippen molar-refractivity contribution in [2.75, 3.05) is 6.61 Å². The van der Waals surface area contributed by atoms with Crippen molar-refractivity contribution in [3.05, 3.63) is 30.6 Å². The first-order chi connectivity index (χ1) is 6.43. The first-order valence-corrected chi connectivity index (χ1v) is 4.89. The Hall–Kier alpha value is -0.760. The van der Waals surface area contributed by atoms with E-state index in [1.165, 1.54) is 18.4 Å². The Morgan fingerprint density at radius 3 is 2.69 bits per heavy atom. The van der Waals surface area contributed by atoms with Crippen LogP contribution in [-0.4, -0.2) is 11.7 Å². The van der Waals surface area contributed by atoms with Crippen LogP contribution in [0.1, 0.15) is 32.1 Å². The fourth-order valence-electron chi connectivity index (χ4n) is 1.32. The van der Waals surface area contributed by atoms with Gasteiger partial charge in [-0.3, -0.25) is 0 Å². The Kier molecular flexibility index (Phi) is 5.34. The van der Waals surface area contributed by atoms with Gasteiger partial charge in [-0.25, -0.2) is 0 Å². The van der Waals surface area contributed by atoms with Crippen LogP contribution in [0.2, 0.25) is 0 Å². The molecule has 0 atom stereocenters. The number of hydrogen-bond donors (Lipinski definition) is 1. The number of allylic oxidation sites excluding steroid dienone is 2. The summed E-state index contributed by atoms with van der Waals surface area (Å²) in [7, 11) is 0. The van der Waals surface area contributed by atoms with Gasteiger partial charge in [-0.15, -0.1) is 0 Å². The van der Waals surface area contributed by atoms with Crippen LogP contribution >= 0.6 is 0 Å². The molecule has 2 heteroatoms. The largest absolute Gasteiger partial charge is 0.490 e. The van der Waals surface area contributed by atoms with Crippen LogP contribution in [-0.2, 0) is 4.74 Å². The lowest BCUT2D eigenvalue weighted by Gasteiger charge is -2.06. The summed E-state index contributed by atoms with van der Waals surface area (Å²) < 4.78 is 4.93. The molecule has 73 valence electrons. The third-order valence-electron chi connectivity index (χ3n) is 2.09. The molecule has 0 unspecified atom stereocenters.